The van der Waals surface area contributed by atoms with Crippen LogP contribution in [-0.4, -0.2) is 64.8 Å². The maximum atomic E-state index is 13.0. The number of hydrogen-bond acceptors (Lipinski definition) is 8. The predicted octanol–water partition coefficient (Wildman–Crippen LogP) is 8.27. The lowest BCUT2D eigenvalue weighted by molar-refractivity contribution is -0.136. The lowest BCUT2D eigenvalue weighted by Gasteiger charge is -2.32. The Balaban J connectivity index is 0.817. The molecule has 2 saturated heterocycles. The summed E-state index contributed by atoms with van der Waals surface area (Å²) in [4.78, 5) is 42.1. The number of imide groups is 1. The summed E-state index contributed by atoms with van der Waals surface area (Å²) in [6, 6.07) is 27.4. The number of nitrogens with one attached hydrogen (secondary N) is 2. The highest BCUT2D eigenvalue weighted by Crippen LogP contribution is 2.47. The molecule has 0 aliphatic carbocycles. The average Bonchev–Trinajstić information content (AvgIpc) is 3.67. The second-order valence-electron chi connectivity index (χ2n) is 13.8. The number of carbonyl (C=O) groups excluding carboxylic acids is 3. The number of aromatic hydroxyl groups is 1. The van der Waals surface area contributed by atoms with Crippen molar-refractivity contribution in [3.63, 3.8) is 0 Å². The summed E-state index contributed by atoms with van der Waals surface area (Å²) >= 11 is 5.15. The monoisotopic (exact) mass is 778 g/mol. The highest BCUT2D eigenvalue weighted by molar-refractivity contribution is 9.10. The zero-order chi connectivity index (χ0) is 35.8. The molecule has 3 N–H and O–H groups in total. The molecule has 4 aromatic carbocycles. The van der Waals surface area contributed by atoms with E-state index in [4.69, 9.17) is 4.74 Å². The molecule has 52 heavy (non-hydrogen) atoms. The van der Waals surface area contributed by atoms with Crippen molar-refractivity contribution in [1.29, 1.82) is 0 Å². The molecule has 0 saturated carbocycles. The van der Waals surface area contributed by atoms with Crippen molar-refractivity contribution in [1.82, 2.24) is 15.1 Å². The summed E-state index contributed by atoms with van der Waals surface area (Å²) in [5.74, 6) is 1.54. The third kappa shape index (κ3) is 7.17. The SMILES string of the molecule is O=C1CCC(N2Cc3cc(NCCCN4CCC(c5ccc(Oc6c(-c7ccc(Br)cc7)sc7cc(O)ccc67)cc5)CC4)ccc3C2=O)C(=O)N1. The molecule has 1 atom stereocenters. The van der Waals surface area contributed by atoms with E-state index in [9.17, 15) is 19.5 Å². The van der Waals surface area contributed by atoms with E-state index in [1.54, 1.807) is 28.4 Å². The number of phenolic OH excluding ortho intramolecular Hbond substituents is 1. The Hall–Kier alpha value is -4.71. The second-order valence-corrected chi connectivity index (χ2v) is 15.8. The van der Waals surface area contributed by atoms with Crippen molar-refractivity contribution >= 4 is 60.8 Å². The molecule has 5 aromatic rings. The number of fused-ring (bicyclic) bond motifs is 2. The van der Waals surface area contributed by atoms with Crippen LogP contribution >= 0.6 is 27.3 Å². The first-order chi connectivity index (χ1) is 25.3. The van der Waals surface area contributed by atoms with Gasteiger partial charge in [-0.2, -0.15) is 0 Å². The van der Waals surface area contributed by atoms with Gasteiger partial charge in [-0.1, -0.05) is 40.2 Å². The molecule has 8 rings (SSSR count). The number of hydrogen-bond donors (Lipinski definition) is 3. The van der Waals surface area contributed by atoms with Gasteiger partial charge >= 0.3 is 0 Å². The quantitative estimate of drug-likeness (QED) is 0.0967. The number of halogens is 1. The molecule has 9 nitrogen and oxygen atoms in total. The van der Waals surface area contributed by atoms with E-state index in [0.29, 0.717) is 24.4 Å². The van der Waals surface area contributed by atoms with Crippen LogP contribution in [-0.2, 0) is 16.1 Å². The van der Waals surface area contributed by atoms with E-state index < -0.39 is 6.04 Å². The molecule has 11 heteroatoms. The Labute approximate surface area is 314 Å². The van der Waals surface area contributed by atoms with E-state index in [1.807, 2.05) is 36.4 Å². The summed E-state index contributed by atoms with van der Waals surface area (Å²) in [5, 5.41) is 17.0. The first-order valence-corrected chi connectivity index (χ1v) is 19.4. The maximum absolute atomic E-state index is 13.0. The average molecular weight is 780 g/mol. The van der Waals surface area contributed by atoms with Crippen LogP contribution in [0.2, 0.25) is 0 Å². The zero-order valence-corrected chi connectivity index (χ0v) is 31.0. The molecule has 0 bridgehead atoms. The first-order valence-electron chi connectivity index (χ1n) is 17.8. The van der Waals surface area contributed by atoms with Gasteiger partial charge in [0.2, 0.25) is 11.8 Å². The molecule has 0 radical (unpaired) electrons. The standard InChI is InChI=1S/C41H39BrN4O5S/c42-29-6-2-27(3-7-29)39-38(34-13-9-31(47)23-36(34)52-39)51-32-10-4-25(5-11-32)26-16-20-45(21-17-26)19-1-18-43-30-8-12-33-28(22-30)24-46(41(33)50)35-14-15-37(48)44-40(35)49/h2-13,22-23,26,35,43,47H,1,14-21,24H2,(H,44,48,49). The summed E-state index contributed by atoms with van der Waals surface area (Å²) in [6.45, 7) is 4.35. The maximum Gasteiger partial charge on any atom is 0.255 e. The van der Waals surface area contributed by atoms with Gasteiger partial charge < -0.3 is 25.0 Å². The lowest BCUT2D eigenvalue weighted by Crippen LogP contribution is -2.52. The molecule has 0 spiro atoms. The molecule has 2 fully saturated rings. The van der Waals surface area contributed by atoms with Crippen LogP contribution in [0.4, 0.5) is 5.69 Å². The van der Waals surface area contributed by atoms with Gasteiger partial charge in [0.05, 0.1) is 4.88 Å². The van der Waals surface area contributed by atoms with Crippen LogP contribution in [0, 0.1) is 0 Å². The van der Waals surface area contributed by atoms with Crippen molar-refractivity contribution in [3.05, 3.63) is 106 Å². The lowest BCUT2D eigenvalue weighted by atomic mass is 9.89. The Morgan fingerprint density at radius 3 is 2.48 bits per heavy atom. The number of likely N-dealkylation sites (tertiary alicyclic amines) is 1. The number of ether oxygens (including phenoxy) is 1. The van der Waals surface area contributed by atoms with E-state index in [-0.39, 0.29) is 29.9 Å². The Bertz CT molecular complexity index is 2140. The minimum absolute atomic E-state index is 0.149. The first kappa shape index (κ1) is 34.4. The fourth-order valence-corrected chi connectivity index (χ4v) is 9.02. The number of piperidine rings is 2. The van der Waals surface area contributed by atoms with Gasteiger partial charge in [0.25, 0.3) is 5.91 Å². The van der Waals surface area contributed by atoms with Gasteiger partial charge in [-0.25, -0.2) is 0 Å². The minimum atomic E-state index is -0.599. The number of anilines is 1. The number of thiophene rings is 1. The number of benzene rings is 4. The van der Waals surface area contributed by atoms with E-state index in [2.05, 4.69) is 67.9 Å². The second kappa shape index (κ2) is 14.7. The molecule has 1 aromatic heterocycles. The largest absolute Gasteiger partial charge is 0.508 e. The smallest absolute Gasteiger partial charge is 0.255 e. The van der Waals surface area contributed by atoms with E-state index >= 15 is 0 Å². The van der Waals surface area contributed by atoms with E-state index in [0.717, 1.165) is 93.2 Å². The van der Waals surface area contributed by atoms with Crippen LogP contribution in [0.15, 0.2) is 89.4 Å². The number of nitrogens with zero attached hydrogens (tertiary/aromatic N) is 2. The van der Waals surface area contributed by atoms with Gasteiger partial charge in [0.15, 0.2) is 5.75 Å². The molecule has 3 amide bonds. The van der Waals surface area contributed by atoms with Crippen LogP contribution in [0.3, 0.4) is 0 Å². The Morgan fingerprint density at radius 2 is 1.71 bits per heavy atom. The third-order valence-electron chi connectivity index (χ3n) is 10.4. The molecule has 3 aliphatic heterocycles. The van der Waals surface area contributed by atoms with Gasteiger partial charge in [0.1, 0.15) is 17.5 Å². The zero-order valence-electron chi connectivity index (χ0n) is 28.6. The number of carbonyl (C=O) groups is 3. The van der Waals surface area contributed by atoms with Crippen LogP contribution in [0.1, 0.15) is 59.5 Å². The van der Waals surface area contributed by atoms with Crippen molar-refractivity contribution < 1.29 is 24.2 Å². The molecular formula is C41H39BrN4O5S. The van der Waals surface area contributed by atoms with E-state index in [1.165, 1.54) is 5.56 Å². The number of phenols is 1. The van der Waals surface area contributed by atoms with Crippen LogP contribution in [0.5, 0.6) is 17.2 Å². The number of rotatable bonds is 10. The molecule has 3 aliphatic rings. The van der Waals surface area contributed by atoms with Crippen molar-refractivity contribution in [2.45, 2.75) is 50.6 Å². The Kier molecular flexibility index (Phi) is 9.74. The third-order valence-corrected chi connectivity index (χ3v) is 12.1. The summed E-state index contributed by atoms with van der Waals surface area (Å²) in [7, 11) is 0. The molecule has 1 unspecified atom stereocenters. The molecule has 266 valence electrons. The van der Waals surface area contributed by atoms with Crippen molar-refractivity contribution in [2.75, 3.05) is 31.5 Å². The number of amides is 3. The van der Waals surface area contributed by atoms with Gasteiger partial charge in [-0.15, -0.1) is 11.3 Å². The minimum Gasteiger partial charge on any atom is -0.508 e. The fourth-order valence-electron chi connectivity index (χ4n) is 7.59. The summed E-state index contributed by atoms with van der Waals surface area (Å²) in [6.07, 6.45) is 3.85. The fraction of sp³-hybridized carbons (Fsp3) is 0.293. The summed E-state index contributed by atoms with van der Waals surface area (Å²) in [5.41, 5.74) is 4.92. The normalized spacial score (nSPS) is 18.1. The van der Waals surface area contributed by atoms with Crippen LogP contribution in [0.25, 0.3) is 20.5 Å². The van der Waals surface area contributed by atoms with Gasteiger partial charge in [0, 0.05) is 45.3 Å². The Morgan fingerprint density at radius 1 is 0.923 bits per heavy atom. The van der Waals surface area contributed by atoms with Crippen LogP contribution < -0.4 is 15.4 Å². The van der Waals surface area contributed by atoms with Crippen molar-refractivity contribution in [2.24, 2.45) is 0 Å². The van der Waals surface area contributed by atoms with Crippen molar-refractivity contribution in [3.8, 4) is 27.7 Å². The molecule has 4 heterocycles. The summed E-state index contributed by atoms with van der Waals surface area (Å²) < 4.78 is 8.56. The predicted molar refractivity (Wildman–Crippen MR) is 207 cm³/mol. The van der Waals surface area contributed by atoms with Gasteiger partial charge in [-0.05, 0) is 129 Å². The highest BCUT2D eigenvalue weighted by atomic mass is 79.9. The van der Waals surface area contributed by atoms with Gasteiger partial charge in [-0.3, -0.25) is 19.7 Å². The molecular weight excluding hydrogens is 740 g/mol. The highest BCUT2D eigenvalue weighted by Gasteiger charge is 2.39. The topological polar surface area (TPSA) is 111 Å².